The largest absolute Gasteiger partial charge is 0.300 e. The van der Waals surface area contributed by atoms with Gasteiger partial charge in [-0.2, -0.15) is 0 Å². The fraction of sp³-hybridized carbons (Fsp3) is 0.917. The van der Waals surface area contributed by atoms with E-state index >= 15 is 0 Å². The molecule has 1 heteroatoms. The molecule has 0 unspecified atom stereocenters. The first-order valence-electron chi connectivity index (χ1n) is 5.43. The van der Waals surface area contributed by atoms with Gasteiger partial charge >= 0.3 is 0 Å². The fourth-order valence-corrected chi connectivity index (χ4v) is 1.59. The Morgan fingerprint density at radius 2 is 1.62 bits per heavy atom. The molecule has 0 bridgehead atoms. The van der Waals surface area contributed by atoms with E-state index in [1.165, 1.54) is 12.8 Å². The monoisotopic (exact) mass is 184 g/mol. The SMILES string of the molecule is CC(=O)C[C@@H](CCC(C)C)C(C)C. The predicted molar refractivity (Wildman–Crippen MR) is 57.7 cm³/mol. The molecule has 0 radical (unpaired) electrons. The van der Waals surface area contributed by atoms with Gasteiger partial charge in [-0.1, -0.05) is 34.1 Å². The van der Waals surface area contributed by atoms with Gasteiger partial charge in [0, 0.05) is 6.42 Å². The van der Waals surface area contributed by atoms with Crippen LogP contribution in [0.5, 0.6) is 0 Å². The zero-order chi connectivity index (χ0) is 10.4. The van der Waals surface area contributed by atoms with Gasteiger partial charge in [-0.25, -0.2) is 0 Å². The fourth-order valence-electron chi connectivity index (χ4n) is 1.59. The predicted octanol–water partition coefficient (Wildman–Crippen LogP) is 3.67. The van der Waals surface area contributed by atoms with Crippen LogP contribution in [0.1, 0.15) is 53.9 Å². The van der Waals surface area contributed by atoms with E-state index in [1.54, 1.807) is 6.92 Å². The Hall–Kier alpha value is -0.330. The highest BCUT2D eigenvalue weighted by atomic mass is 16.1. The van der Waals surface area contributed by atoms with Gasteiger partial charge in [0.2, 0.25) is 0 Å². The number of carbonyl (C=O) groups excluding carboxylic acids is 1. The van der Waals surface area contributed by atoms with Crippen LogP contribution in [0, 0.1) is 17.8 Å². The van der Waals surface area contributed by atoms with Gasteiger partial charge in [0.1, 0.15) is 5.78 Å². The van der Waals surface area contributed by atoms with Crippen molar-refractivity contribution in [2.45, 2.75) is 53.9 Å². The van der Waals surface area contributed by atoms with Crippen molar-refractivity contribution in [1.29, 1.82) is 0 Å². The number of ketones is 1. The summed E-state index contributed by atoms with van der Waals surface area (Å²) in [6, 6.07) is 0. The van der Waals surface area contributed by atoms with Crippen LogP contribution in [0.3, 0.4) is 0 Å². The summed E-state index contributed by atoms with van der Waals surface area (Å²) < 4.78 is 0. The second kappa shape index (κ2) is 6.17. The van der Waals surface area contributed by atoms with Gasteiger partial charge in [-0.3, -0.25) is 0 Å². The maximum absolute atomic E-state index is 11.0. The number of hydrogen-bond acceptors (Lipinski definition) is 1. The van der Waals surface area contributed by atoms with Gasteiger partial charge < -0.3 is 4.79 Å². The standard InChI is InChI=1S/C12H24O/c1-9(2)6-7-12(10(3)4)8-11(5)13/h9-10,12H,6-8H2,1-5H3/t12-/m1/s1. The molecule has 0 aromatic carbocycles. The van der Waals surface area contributed by atoms with Crippen molar-refractivity contribution in [3.63, 3.8) is 0 Å². The average molecular weight is 184 g/mol. The molecule has 0 aromatic heterocycles. The Labute approximate surface area is 82.9 Å². The molecular weight excluding hydrogens is 160 g/mol. The first kappa shape index (κ1) is 12.7. The second-order valence-electron chi connectivity index (χ2n) is 4.88. The second-order valence-corrected chi connectivity index (χ2v) is 4.88. The molecule has 0 N–H and O–H groups in total. The van der Waals surface area contributed by atoms with Gasteiger partial charge in [-0.15, -0.1) is 0 Å². The van der Waals surface area contributed by atoms with Crippen molar-refractivity contribution in [3.05, 3.63) is 0 Å². The van der Waals surface area contributed by atoms with Crippen molar-refractivity contribution in [1.82, 2.24) is 0 Å². The topological polar surface area (TPSA) is 17.1 Å². The summed E-state index contributed by atoms with van der Waals surface area (Å²) in [5.74, 6) is 2.33. The van der Waals surface area contributed by atoms with Crippen LogP contribution in [-0.4, -0.2) is 5.78 Å². The lowest BCUT2D eigenvalue weighted by molar-refractivity contribution is -0.118. The highest BCUT2D eigenvalue weighted by Crippen LogP contribution is 2.23. The van der Waals surface area contributed by atoms with Gasteiger partial charge in [-0.05, 0) is 31.1 Å². The molecule has 0 rings (SSSR count). The molecule has 0 amide bonds. The Kier molecular flexibility index (Phi) is 6.02. The van der Waals surface area contributed by atoms with Crippen molar-refractivity contribution >= 4 is 5.78 Å². The van der Waals surface area contributed by atoms with Crippen molar-refractivity contribution in [3.8, 4) is 0 Å². The molecule has 78 valence electrons. The lowest BCUT2D eigenvalue weighted by Crippen LogP contribution is -2.13. The molecule has 0 spiro atoms. The summed E-state index contributed by atoms with van der Waals surface area (Å²) >= 11 is 0. The summed E-state index contributed by atoms with van der Waals surface area (Å²) in [6.07, 6.45) is 3.22. The normalized spacial score (nSPS) is 13.8. The summed E-state index contributed by atoms with van der Waals surface area (Å²) in [5, 5.41) is 0. The minimum absolute atomic E-state index is 0.336. The Morgan fingerprint density at radius 1 is 1.08 bits per heavy atom. The third-order valence-electron chi connectivity index (χ3n) is 2.61. The number of rotatable bonds is 6. The Morgan fingerprint density at radius 3 is 1.92 bits per heavy atom. The first-order valence-corrected chi connectivity index (χ1v) is 5.43. The minimum Gasteiger partial charge on any atom is -0.300 e. The Balaban J connectivity index is 3.88. The lowest BCUT2D eigenvalue weighted by Gasteiger charge is -2.20. The highest BCUT2D eigenvalue weighted by Gasteiger charge is 2.15. The molecular formula is C12H24O. The van der Waals surface area contributed by atoms with E-state index in [9.17, 15) is 4.79 Å². The van der Waals surface area contributed by atoms with Crippen LogP contribution < -0.4 is 0 Å². The van der Waals surface area contributed by atoms with E-state index in [4.69, 9.17) is 0 Å². The third kappa shape index (κ3) is 6.80. The smallest absolute Gasteiger partial charge is 0.130 e. The highest BCUT2D eigenvalue weighted by molar-refractivity contribution is 5.75. The van der Waals surface area contributed by atoms with Crippen LogP contribution in [0.2, 0.25) is 0 Å². The van der Waals surface area contributed by atoms with E-state index in [0.717, 1.165) is 12.3 Å². The zero-order valence-electron chi connectivity index (χ0n) is 9.76. The van der Waals surface area contributed by atoms with Gasteiger partial charge in [0.15, 0.2) is 0 Å². The maximum Gasteiger partial charge on any atom is 0.130 e. The molecule has 1 atom stereocenters. The average Bonchev–Trinajstić information content (AvgIpc) is 1.96. The molecule has 1 nitrogen and oxygen atoms in total. The number of hydrogen-bond donors (Lipinski definition) is 0. The van der Waals surface area contributed by atoms with Crippen molar-refractivity contribution in [2.75, 3.05) is 0 Å². The summed E-state index contributed by atoms with van der Waals surface area (Å²) in [7, 11) is 0. The molecule has 0 fully saturated rings. The maximum atomic E-state index is 11.0. The molecule has 0 aliphatic rings. The van der Waals surface area contributed by atoms with Crippen LogP contribution in [0.25, 0.3) is 0 Å². The summed E-state index contributed by atoms with van der Waals surface area (Å²) in [4.78, 5) is 11.0. The zero-order valence-corrected chi connectivity index (χ0v) is 9.76. The van der Waals surface area contributed by atoms with Gasteiger partial charge in [0.25, 0.3) is 0 Å². The van der Waals surface area contributed by atoms with Crippen LogP contribution in [0.15, 0.2) is 0 Å². The van der Waals surface area contributed by atoms with E-state index in [2.05, 4.69) is 27.7 Å². The molecule has 0 saturated heterocycles. The molecule has 0 aromatic rings. The van der Waals surface area contributed by atoms with Crippen molar-refractivity contribution < 1.29 is 4.79 Å². The third-order valence-corrected chi connectivity index (χ3v) is 2.61. The van der Waals surface area contributed by atoms with Crippen LogP contribution in [0.4, 0.5) is 0 Å². The van der Waals surface area contributed by atoms with Gasteiger partial charge in [0.05, 0.1) is 0 Å². The van der Waals surface area contributed by atoms with Crippen molar-refractivity contribution in [2.24, 2.45) is 17.8 Å². The number of Topliss-reactive ketones (excluding diaryl/α,β-unsaturated/α-hetero) is 1. The quantitative estimate of drug-likeness (QED) is 0.615. The molecule has 0 heterocycles. The summed E-state index contributed by atoms with van der Waals surface area (Å²) in [6.45, 7) is 10.6. The number of carbonyl (C=O) groups is 1. The van der Waals surface area contributed by atoms with E-state index < -0.39 is 0 Å². The van der Waals surface area contributed by atoms with E-state index in [-0.39, 0.29) is 0 Å². The molecule has 0 aliphatic carbocycles. The molecule has 0 aliphatic heterocycles. The molecule has 13 heavy (non-hydrogen) atoms. The lowest BCUT2D eigenvalue weighted by atomic mass is 9.85. The van der Waals surface area contributed by atoms with Crippen LogP contribution >= 0.6 is 0 Å². The van der Waals surface area contributed by atoms with E-state index in [0.29, 0.717) is 17.6 Å². The van der Waals surface area contributed by atoms with Crippen LogP contribution in [-0.2, 0) is 4.79 Å². The van der Waals surface area contributed by atoms with E-state index in [1.807, 2.05) is 0 Å². The Bertz CT molecular complexity index is 147. The molecule has 0 saturated carbocycles. The summed E-state index contributed by atoms with van der Waals surface area (Å²) in [5.41, 5.74) is 0. The minimum atomic E-state index is 0.336. The first-order chi connectivity index (χ1) is 5.93.